The summed E-state index contributed by atoms with van der Waals surface area (Å²) < 4.78 is 18.3. The first-order valence-electron chi connectivity index (χ1n) is 10.2. The highest BCUT2D eigenvalue weighted by Gasteiger charge is 2.25. The molecule has 2 aliphatic heterocycles. The van der Waals surface area contributed by atoms with Gasteiger partial charge in [0.2, 0.25) is 11.8 Å². The standard InChI is InChI=1S/C21H30FN3O3/c22-18-4-1-17(2-5-18)14-24-20(26)6-3-16-7-10-25(11-8-16)21(27)13-19-15-28-12-9-23-19/h1-2,4-5,16,19,23H,3,6-15H2,(H,24,26). The van der Waals surface area contributed by atoms with Gasteiger partial charge in [0.15, 0.2) is 0 Å². The lowest BCUT2D eigenvalue weighted by atomic mass is 9.91. The minimum atomic E-state index is -0.275. The maximum Gasteiger partial charge on any atom is 0.224 e. The molecule has 0 aromatic heterocycles. The van der Waals surface area contributed by atoms with Crippen LogP contribution >= 0.6 is 0 Å². The van der Waals surface area contributed by atoms with E-state index in [0.29, 0.717) is 38.5 Å². The van der Waals surface area contributed by atoms with Gasteiger partial charge < -0.3 is 20.3 Å². The fourth-order valence-electron chi connectivity index (χ4n) is 3.79. The number of halogens is 1. The Kier molecular flexibility index (Phi) is 7.80. The van der Waals surface area contributed by atoms with Crippen LogP contribution in [0.25, 0.3) is 0 Å². The summed E-state index contributed by atoms with van der Waals surface area (Å²) in [6.45, 7) is 4.10. The van der Waals surface area contributed by atoms with Crippen LogP contribution in [0.4, 0.5) is 4.39 Å². The Labute approximate surface area is 165 Å². The van der Waals surface area contributed by atoms with E-state index in [-0.39, 0.29) is 23.7 Å². The van der Waals surface area contributed by atoms with Crippen molar-refractivity contribution in [1.82, 2.24) is 15.5 Å². The Morgan fingerprint density at radius 1 is 1.21 bits per heavy atom. The van der Waals surface area contributed by atoms with Crippen LogP contribution in [0, 0.1) is 11.7 Å². The van der Waals surface area contributed by atoms with Crippen molar-refractivity contribution in [2.45, 2.75) is 44.7 Å². The zero-order valence-electron chi connectivity index (χ0n) is 16.3. The van der Waals surface area contributed by atoms with Crippen molar-refractivity contribution in [1.29, 1.82) is 0 Å². The molecule has 6 nitrogen and oxygen atoms in total. The molecule has 2 heterocycles. The van der Waals surface area contributed by atoms with Crippen LogP contribution in [0.5, 0.6) is 0 Å². The van der Waals surface area contributed by atoms with E-state index in [9.17, 15) is 14.0 Å². The molecule has 1 unspecified atom stereocenters. The quantitative estimate of drug-likeness (QED) is 0.744. The van der Waals surface area contributed by atoms with Crippen LogP contribution in [-0.4, -0.2) is 55.6 Å². The Hall–Kier alpha value is -1.99. The van der Waals surface area contributed by atoms with Crippen LogP contribution in [0.15, 0.2) is 24.3 Å². The SMILES string of the molecule is O=C(CCC1CCN(C(=O)CC2COCCN2)CC1)NCc1ccc(F)cc1. The highest BCUT2D eigenvalue weighted by molar-refractivity contribution is 5.77. The number of hydrogen-bond acceptors (Lipinski definition) is 4. The third-order valence-corrected chi connectivity index (χ3v) is 5.57. The first kappa shape index (κ1) is 20.7. The van der Waals surface area contributed by atoms with E-state index in [2.05, 4.69) is 10.6 Å². The predicted octanol–water partition coefficient (Wildman–Crippen LogP) is 1.84. The lowest BCUT2D eigenvalue weighted by Gasteiger charge is -2.33. The number of amides is 2. The number of ether oxygens (including phenoxy) is 1. The van der Waals surface area contributed by atoms with Crippen LogP contribution in [0.1, 0.15) is 37.7 Å². The van der Waals surface area contributed by atoms with Gasteiger partial charge >= 0.3 is 0 Å². The molecule has 2 amide bonds. The molecule has 0 spiro atoms. The first-order chi connectivity index (χ1) is 13.6. The topological polar surface area (TPSA) is 70.7 Å². The van der Waals surface area contributed by atoms with E-state index in [1.165, 1.54) is 12.1 Å². The zero-order chi connectivity index (χ0) is 19.8. The summed E-state index contributed by atoms with van der Waals surface area (Å²) in [5, 5.41) is 6.21. The lowest BCUT2D eigenvalue weighted by molar-refractivity contribution is -0.134. The Morgan fingerprint density at radius 3 is 2.64 bits per heavy atom. The van der Waals surface area contributed by atoms with Crippen molar-refractivity contribution in [3.05, 3.63) is 35.6 Å². The molecule has 1 aromatic carbocycles. The van der Waals surface area contributed by atoms with E-state index in [0.717, 1.165) is 44.5 Å². The summed E-state index contributed by atoms with van der Waals surface area (Å²) in [7, 11) is 0. The normalized spacial score (nSPS) is 20.8. The van der Waals surface area contributed by atoms with Gasteiger partial charge in [-0.15, -0.1) is 0 Å². The molecule has 28 heavy (non-hydrogen) atoms. The van der Waals surface area contributed by atoms with E-state index in [4.69, 9.17) is 4.74 Å². The van der Waals surface area contributed by atoms with Gasteiger partial charge in [0, 0.05) is 45.1 Å². The highest BCUT2D eigenvalue weighted by Crippen LogP contribution is 2.22. The molecule has 2 N–H and O–H groups in total. The van der Waals surface area contributed by atoms with Gasteiger partial charge in [-0.05, 0) is 42.9 Å². The highest BCUT2D eigenvalue weighted by atomic mass is 19.1. The summed E-state index contributed by atoms with van der Waals surface area (Å²) in [4.78, 5) is 26.4. The average Bonchev–Trinajstić information content (AvgIpc) is 2.73. The second-order valence-corrected chi connectivity index (χ2v) is 7.70. The van der Waals surface area contributed by atoms with E-state index >= 15 is 0 Å². The molecule has 1 aromatic rings. The van der Waals surface area contributed by atoms with Crippen molar-refractivity contribution in [3.63, 3.8) is 0 Å². The van der Waals surface area contributed by atoms with Gasteiger partial charge in [0.25, 0.3) is 0 Å². The number of nitrogens with zero attached hydrogens (tertiary/aromatic N) is 1. The number of likely N-dealkylation sites (tertiary alicyclic amines) is 1. The van der Waals surface area contributed by atoms with E-state index in [1.54, 1.807) is 12.1 Å². The molecule has 0 radical (unpaired) electrons. The number of piperidine rings is 1. The van der Waals surface area contributed by atoms with Crippen molar-refractivity contribution < 1.29 is 18.7 Å². The maximum atomic E-state index is 12.9. The van der Waals surface area contributed by atoms with E-state index < -0.39 is 0 Å². The third-order valence-electron chi connectivity index (χ3n) is 5.57. The van der Waals surface area contributed by atoms with Crippen molar-refractivity contribution in [2.75, 3.05) is 32.8 Å². The van der Waals surface area contributed by atoms with Crippen molar-refractivity contribution in [2.24, 2.45) is 5.92 Å². The van der Waals surface area contributed by atoms with Gasteiger partial charge in [-0.2, -0.15) is 0 Å². The van der Waals surface area contributed by atoms with Gasteiger partial charge in [-0.1, -0.05) is 12.1 Å². The van der Waals surface area contributed by atoms with Gasteiger partial charge in [-0.25, -0.2) is 4.39 Å². The number of morpholine rings is 1. The Balaban J connectivity index is 1.30. The molecule has 1 atom stereocenters. The first-order valence-corrected chi connectivity index (χ1v) is 10.2. The number of carbonyl (C=O) groups is 2. The zero-order valence-corrected chi connectivity index (χ0v) is 16.3. The number of nitrogens with one attached hydrogen (secondary N) is 2. The number of benzene rings is 1. The lowest BCUT2D eigenvalue weighted by Crippen LogP contribution is -2.46. The van der Waals surface area contributed by atoms with E-state index in [1.807, 2.05) is 4.90 Å². The second-order valence-electron chi connectivity index (χ2n) is 7.70. The summed E-state index contributed by atoms with van der Waals surface area (Å²) in [6, 6.07) is 6.28. The Bertz CT molecular complexity index is 639. The van der Waals surface area contributed by atoms with Crippen LogP contribution < -0.4 is 10.6 Å². The van der Waals surface area contributed by atoms with Gasteiger partial charge in [0.1, 0.15) is 5.82 Å². The van der Waals surface area contributed by atoms with Crippen molar-refractivity contribution in [3.8, 4) is 0 Å². The molecule has 3 rings (SSSR count). The average molecular weight is 391 g/mol. The van der Waals surface area contributed by atoms with Crippen molar-refractivity contribution >= 4 is 11.8 Å². The minimum absolute atomic E-state index is 0.0196. The van der Waals surface area contributed by atoms with Gasteiger partial charge in [0.05, 0.1) is 13.2 Å². The third kappa shape index (κ3) is 6.56. The van der Waals surface area contributed by atoms with Gasteiger partial charge in [-0.3, -0.25) is 9.59 Å². The molecule has 0 aliphatic carbocycles. The molecule has 154 valence electrons. The summed E-state index contributed by atoms with van der Waals surface area (Å²) in [5.74, 6) is 0.421. The largest absolute Gasteiger partial charge is 0.378 e. The minimum Gasteiger partial charge on any atom is -0.378 e. The monoisotopic (exact) mass is 391 g/mol. The fourth-order valence-corrected chi connectivity index (χ4v) is 3.79. The molecule has 2 aliphatic rings. The summed E-state index contributed by atoms with van der Waals surface area (Å²) >= 11 is 0. The Morgan fingerprint density at radius 2 is 1.96 bits per heavy atom. The summed E-state index contributed by atoms with van der Waals surface area (Å²) in [6.07, 6.45) is 3.73. The molecule has 0 saturated carbocycles. The fraction of sp³-hybridized carbons (Fsp3) is 0.619. The smallest absolute Gasteiger partial charge is 0.224 e. The number of hydrogen-bond donors (Lipinski definition) is 2. The van der Waals surface area contributed by atoms with Crippen LogP contribution in [-0.2, 0) is 20.9 Å². The molecule has 7 heteroatoms. The molecular weight excluding hydrogens is 361 g/mol. The molecule has 0 bridgehead atoms. The second kappa shape index (κ2) is 10.5. The molecule has 2 saturated heterocycles. The maximum absolute atomic E-state index is 12.9. The molecular formula is C21H30FN3O3. The van der Waals surface area contributed by atoms with Crippen LogP contribution in [0.2, 0.25) is 0 Å². The number of rotatable bonds is 7. The number of carbonyl (C=O) groups excluding carboxylic acids is 2. The molecule has 2 fully saturated rings. The predicted molar refractivity (Wildman–Crippen MR) is 104 cm³/mol. The van der Waals surface area contributed by atoms with Crippen LogP contribution in [0.3, 0.4) is 0 Å². The summed E-state index contributed by atoms with van der Waals surface area (Å²) in [5.41, 5.74) is 0.888.